The molecule has 0 amide bonds. The minimum Gasteiger partial charge on any atom is -0.299 e. The molecule has 0 unspecified atom stereocenters. The van der Waals surface area contributed by atoms with E-state index < -0.39 is 0 Å². The fraction of sp³-hybridized carbons (Fsp3) is 0.600. The van der Waals surface area contributed by atoms with Crippen LogP contribution in [0.1, 0.15) is 44.7 Å². The highest BCUT2D eigenvalue weighted by Gasteiger charge is 2.22. The summed E-state index contributed by atoms with van der Waals surface area (Å²) < 4.78 is 0. The van der Waals surface area contributed by atoms with Gasteiger partial charge < -0.3 is 0 Å². The molecule has 1 nitrogen and oxygen atoms in total. The Balaban J connectivity index is 2.24. The van der Waals surface area contributed by atoms with Crippen molar-refractivity contribution in [3.63, 3.8) is 0 Å². The molecule has 100 valence electrons. The van der Waals surface area contributed by atoms with Crippen molar-refractivity contribution in [1.29, 1.82) is 0 Å². The van der Waals surface area contributed by atoms with Crippen molar-refractivity contribution in [2.75, 3.05) is 13.1 Å². The van der Waals surface area contributed by atoms with E-state index in [9.17, 15) is 0 Å². The second-order valence-corrected chi connectivity index (χ2v) is 6.98. The third-order valence-electron chi connectivity index (χ3n) is 3.46. The van der Waals surface area contributed by atoms with E-state index in [1.54, 1.807) is 0 Å². The molecule has 0 saturated carbocycles. The maximum Gasteiger partial charge on any atom is 0.0461 e. The van der Waals surface area contributed by atoms with Crippen molar-refractivity contribution in [3.8, 4) is 0 Å². The molecule has 0 N–H and O–H groups in total. The van der Waals surface area contributed by atoms with Crippen LogP contribution in [-0.4, -0.2) is 18.0 Å². The minimum absolute atomic E-state index is 0.0136. The van der Waals surface area contributed by atoms with Crippen LogP contribution < -0.4 is 0 Å². The number of benzene rings is 1. The SMILES string of the molecule is CC(C)(C)c1c(Cl)cc(CN2CCCC2)cc1Cl. The molecule has 1 heterocycles. The molecule has 1 aromatic rings. The minimum atomic E-state index is -0.0136. The van der Waals surface area contributed by atoms with Crippen LogP contribution in [0, 0.1) is 0 Å². The summed E-state index contributed by atoms with van der Waals surface area (Å²) in [5.74, 6) is 0. The number of hydrogen-bond donors (Lipinski definition) is 0. The number of likely N-dealkylation sites (tertiary alicyclic amines) is 1. The molecular formula is C15H21Cl2N. The predicted molar refractivity (Wildman–Crippen MR) is 79.7 cm³/mol. The van der Waals surface area contributed by atoms with Crippen LogP contribution in [0.3, 0.4) is 0 Å². The molecule has 2 rings (SSSR count). The lowest BCUT2D eigenvalue weighted by atomic mass is 9.86. The van der Waals surface area contributed by atoms with E-state index in [-0.39, 0.29) is 5.41 Å². The van der Waals surface area contributed by atoms with Crippen molar-refractivity contribution >= 4 is 23.2 Å². The fourth-order valence-electron chi connectivity index (χ4n) is 2.63. The van der Waals surface area contributed by atoms with E-state index in [1.807, 2.05) is 0 Å². The largest absolute Gasteiger partial charge is 0.299 e. The van der Waals surface area contributed by atoms with Crippen molar-refractivity contribution < 1.29 is 0 Å². The van der Waals surface area contributed by atoms with Crippen LogP contribution in [0.4, 0.5) is 0 Å². The monoisotopic (exact) mass is 285 g/mol. The molecule has 1 aromatic carbocycles. The lowest BCUT2D eigenvalue weighted by molar-refractivity contribution is 0.331. The molecule has 0 bridgehead atoms. The Kier molecular flexibility index (Phi) is 4.25. The maximum atomic E-state index is 6.40. The molecule has 0 aliphatic carbocycles. The van der Waals surface area contributed by atoms with Gasteiger partial charge in [0.05, 0.1) is 0 Å². The van der Waals surface area contributed by atoms with Crippen molar-refractivity contribution in [1.82, 2.24) is 4.90 Å². The van der Waals surface area contributed by atoms with Crippen molar-refractivity contribution in [2.24, 2.45) is 0 Å². The van der Waals surface area contributed by atoms with Crippen LogP contribution in [0.15, 0.2) is 12.1 Å². The molecule has 0 spiro atoms. The number of halogens is 2. The zero-order valence-electron chi connectivity index (χ0n) is 11.4. The summed E-state index contributed by atoms with van der Waals surface area (Å²) in [6.45, 7) is 9.76. The zero-order valence-corrected chi connectivity index (χ0v) is 12.9. The summed E-state index contributed by atoms with van der Waals surface area (Å²) in [6, 6.07) is 4.15. The first-order valence-corrected chi connectivity index (χ1v) is 7.34. The van der Waals surface area contributed by atoms with E-state index in [2.05, 4.69) is 37.8 Å². The van der Waals surface area contributed by atoms with Gasteiger partial charge in [0.2, 0.25) is 0 Å². The summed E-state index contributed by atoms with van der Waals surface area (Å²) in [5, 5.41) is 1.59. The predicted octanol–water partition coefficient (Wildman–Crippen LogP) is 4.89. The zero-order chi connectivity index (χ0) is 13.3. The first-order chi connectivity index (χ1) is 8.38. The van der Waals surface area contributed by atoms with Crippen LogP contribution in [0.2, 0.25) is 10.0 Å². The third kappa shape index (κ3) is 3.20. The number of nitrogens with zero attached hydrogens (tertiary/aromatic N) is 1. The molecule has 1 fully saturated rings. The summed E-state index contributed by atoms with van der Waals surface area (Å²) in [5.41, 5.74) is 2.26. The Morgan fingerprint density at radius 2 is 1.56 bits per heavy atom. The van der Waals surface area contributed by atoms with Gasteiger partial charge in [-0.1, -0.05) is 44.0 Å². The van der Waals surface area contributed by atoms with Gasteiger partial charge in [0.15, 0.2) is 0 Å². The smallest absolute Gasteiger partial charge is 0.0461 e. The third-order valence-corrected chi connectivity index (χ3v) is 4.05. The van der Waals surface area contributed by atoms with Crippen LogP contribution in [-0.2, 0) is 12.0 Å². The van der Waals surface area contributed by atoms with Gasteiger partial charge in [-0.15, -0.1) is 0 Å². The van der Waals surface area contributed by atoms with E-state index in [1.165, 1.54) is 31.5 Å². The Morgan fingerprint density at radius 3 is 2.00 bits per heavy atom. The Hall–Kier alpha value is -0.240. The lowest BCUT2D eigenvalue weighted by Crippen LogP contribution is -2.19. The summed E-state index contributed by atoms with van der Waals surface area (Å²) in [7, 11) is 0. The highest BCUT2D eigenvalue weighted by molar-refractivity contribution is 6.36. The van der Waals surface area contributed by atoms with Gasteiger partial charge >= 0.3 is 0 Å². The van der Waals surface area contributed by atoms with Crippen LogP contribution in [0.25, 0.3) is 0 Å². The van der Waals surface area contributed by atoms with Gasteiger partial charge in [-0.2, -0.15) is 0 Å². The summed E-state index contributed by atoms with van der Waals surface area (Å²) >= 11 is 12.8. The van der Waals surface area contributed by atoms with Gasteiger partial charge in [-0.3, -0.25) is 4.90 Å². The van der Waals surface area contributed by atoms with E-state index >= 15 is 0 Å². The van der Waals surface area contributed by atoms with E-state index in [0.29, 0.717) is 0 Å². The fourth-order valence-corrected chi connectivity index (χ4v) is 3.73. The van der Waals surface area contributed by atoms with Crippen molar-refractivity contribution in [2.45, 2.75) is 45.6 Å². The number of rotatable bonds is 2. The Morgan fingerprint density at radius 1 is 1.06 bits per heavy atom. The lowest BCUT2D eigenvalue weighted by Gasteiger charge is -2.24. The summed E-state index contributed by atoms with van der Waals surface area (Å²) in [4.78, 5) is 2.46. The highest BCUT2D eigenvalue weighted by Crippen LogP contribution is 2.36. The van der Waals surface area contributed by atoms with E-state index in [0.717, 1.165) is 22.2 Å². The maximum absolute atomic E-state index is 6.40. The molecule has 3 heteroatoms. The van der Waals surface area contributed by atoms with Crippen LogP contribution in [0.5, 0.6) is 0 Å². The molecule has 1 aliphatic rings. The summed E-state index contributed by atoms with van der Waals surface area (Å²) in [6.07, 6.45) is 2.61. The van der Waals surface area contributed by atoms with Gasteiger partial charge in [0.25, 0.3) is 0 Å². The van der Waals surface area contributed by atoms with Gasteiger partial charge in [-0.25, -0.2) is 0 Å². The average molecular weight is 286 g/mol. The quantitative estimate of drug-likeness (QED) is 0.748. The first-order valence-electron chi connectivity index (χ1n) is 6.58. The molecule has 0 radical (unpaired) electrons. The van der Waals surface area contributed by atoms with Gasteiger partial charge in [0.1, 0.15) is 0 Å². The van der Waals surface area contributed by atoms with Gasteiger partial charge in [0, 0.05) is 16.6 Å². The molecule has 18 heavy (non-hydrogen) atoms. The molecule has 1 aliphatic heterocycles. The Bertz CT molecular complexity index is 406. The molecule has 0 atom stereocenters. The molecular weight excluding hydrogens is 265 g/mol. The molecule has 1 saturated heterocycles. The second-order valence-electron chi connectivity index (χ2n) is 6.17. The highest BCUT2D eigenvalue weighted by atomic mass is 35.5. The molecule has 0 aromatic heterocycles. The Labute approximate surface area is 120 Å². The van der Waals surface area contributed by atoms with E-state index in [4.69, 9.17) is 23.2 Å². The van der Waals surface area contributed by atoms with Crippen molar-refractivity contribution in [3.05, 3.63) is 33.3 Å². The average Bonchev–Trinajstić information content (AvgIpc) is 2.66. The topological polar surface area (TPSA) is 3.24 Å². The van der Waals surface area contributed by atoms with Crippen LogP contribution >= 0.6 is 23.2 Å². The standard InChI is InChI=1S/C15H21Cl2N/c1-15(2,3)14-12(16)8-11(9-13(14)17)10-18-6-4-5-7-18/h8-9H,4-7,10H2,1-3H3. The second kappa shape index (κ2) is 5.40. The first kappa shape index (κ1) is 14.2. The van der Waals surface area contributed by atoms with Gasteiger partial charge in [-0.05, 0) is 54.6 Å². The number of hydrogen-bond acceptors (Lipinski definition) is 1. The normalized spacial score (nSPS) is 17.4.